The largest absolute Gasteiger partial charge is 0.357 e. The molecule has 1 aromatic carbocycles. The monoisotopic (exact) mass is 342 g/mol. The lowest BCUT2D eigenvalue weighted by molar-refractivity contribution is 0.0724. The van der Waals surface area contributed by atoms with Gasteiger partial charge in [-0.2, -0.15) is 0 Å². The molecule has 1 aromatic rings. The van der Waals surface area contributed by atoms with Crippen LogP contribution in [0.25, 0.3) is 0 Å². The summed E-state index contributed by atoms with van der Waals surface area (Å²) in [5.41, 5.74) is 1.91. The average Bonchev–Trinajstić information content (AvgIpc) is 3.49. The highest BCUT2D eigenvalue weighted by molar-refractivity contribution is 5.94. The predicted octanol–water partition coefficient (Wildman–Crippen LogP) is 2.78. The van der Waals surface area contributed by atoms with Gasteiger partial charge in [0, 0.05) is 31.7 Å². The Labute approximate surface area is 150 Å². The highest BCUT2D eigenvalue weighted by Gasteiger charge is 2.21. The number of guanidine groups is 1. The van der Waals surface area contributed by atoms with Crippen molar-refractivity contribution in [3.8, 4) is 0 Å². The Morgan fingerprint density at radius 1 is 1.12 bits per heavy atom. The van der Waals surface area contributed by atoms with Crippen LogP contribution in [0.5, 0.6) is 0 Å². The number of amides is 1. The topological polar surface area (TPSA) is 56.7 Å². The van der Waals surface area contributed by atoms with Gasteiger partial charge < -0.3 is 15.5 Å². The first-order valence-corrected chi connectivity index (χ1v) is 9.66. The predicted molar refractivity (Wildman–Crippen MR) is 102 cm³/mol. The Morgan fingerprint density at radius 3 is 2.48 bits per heavy atom. The molecule has 136 valence electrons. The molecule has 1 saturated heterocycles. The summed E-state index contributed by atoms with van der Waals surface area (Å²) in [7, 11) is 0. The van der Waals surface area contributed by atoms with Gasteiger partial charge in [-0.1, -0.05) is 12.1 Å². The van der Waals surface area contributed by atoms with E-state index in [0.29, 0.717) is 6.54 Å². The maximum Gasteiger partial charge on any atom is 0.253 e. The van der Waals surface area contributed by atoms with Crippen molar-refractivity contribution in [3.05, 3.63) is 35.4 Å². The molecule has 2 N–H and O–H groups in total. The summed E-state index contributed by atoms with van der Waals surface area (Å²) < 4.78 is 0. The van der Waals surface area contributed by atoms with Crippen LogP contribution >= 0.6 is 0 Å². The molecule has 0 radical (unpaired) electrons. The smallest absolute Gasteiger partial charge is 0.253 e. The highest BCUT2D eigenvalue weighted by Crippen LogP contribution is 2.27. The third-order valence-electron chi connectivity index (χ3n) is 4.86. The molecule has 1 amide bonds. The second-order valence-corrected chi connectivity index (χ2v) is 7.07. The van der Waals surface area contributed by atoms with E-state index in [1.807, 2.05) is 29.2 Å². The minimum atomic E-state index is 0.161. The molecule has 5 nitrogen and oxygen atoms in total. The van der Waals surface area contributed by atoms with Gasteiger partial charge in [0.2, 0.25) is 0 Å². The fourth-order valence-corrected chi connectivity index (χ4v) is 3.11. The molecule has 0 aromatic heterocycles. The van der Waals surface area contributed by atoms with E-state index >= 15 is 0 Å². The number of piperidine rings is 1. The quantitative estimate of drug-likeness (QED) is 0.617. The molecule has 25 heavy (non-hydrogen) atoms. The third kappa shape index (κ3) is 5.48. The first kappa shape index (κ1) is 17.8. The van der Waals surface area contributed by atoms with Crippen LogP contribution in [0, 0.1) is 5.92 Å². The Kier molecular flexibility index (Phi) is 6.31. The fraction of sp³-hybridized carbons (Fsp3) is 0.600. The molecule has 5 heteroatoms. The maximum atomic E-state index is 12.5. The summed E-state index contributed by atoms with van der Waals surface area (Å²) >= 11 is 0. The van der Waals surface area contributed by atoms with Gasteiger partial charge in [-0.05, 0) is 62.6 Å². The van der Waals surface area contributed by atoms with Crippen molar-refractivity contribution < 1.29 is 4.79 Å². The molecular formula is C20H30N4O. The molecule has 1 aliphatic carbocycles. The molecule has 2 fully saturated rings. The lowest BCUT2D eigenvalue weighted by Gasteiger charge is -2.26. The molecule has 1 aliphatic heterocycles. The summed E-state index contributed by atoms with van der Waals surface area (Å²) in [4.78, 5) is 19.1. The number of nitrogens with zero attached hydrogens (tertiary/aromatic N) is 2. The van der Waals surface area contributed by atoms with Crippen LogP contribution in [-0.4, -0.2) is 42.9 Å². The zero-order valence-corrected chi connectivity index (χ0v) is 15.3. The van der Waals surface area contributed by atoms with Crippen LogP contribution in [-0.2, 0) is 6.54 Å². The fourth-order valence-electron chi connectivity index (χ4n) is 3.11. The molecule has 3 rings (SSSR count). The van der Waals surface area contributed by atoms with Crippen molar-refractivity contribution in [2.45, 2.75) is 45.6 Å². The van der Waals surface area contributed by atoms with Gasteiger partial charge in [-0.15, -0.1) is 0 Å². The van der Waals surface area contributed by atoms with E-state index in [1.165, 1.54) is 19.3 Å². The van der Waals surface area contributed by atoms with Crippen molar-refractivity contribution in [2.75, 3.05) is 26.2 Å². The number of carbonyl (C=O) groups excluding carboxylic acids is 1. The van der Waals surface area contributed by atoms with Crippen molar-refractivity contribution in [1.82, 2.24) is 15.5 Å². The molecule has 1 heterocycles. The Morgan fingerprint density at radius 2 is 1.84 bits per heavy atom. The normalized spacial score (nSPS) is 18.1. The van der Waals surface area contributed by atoms with Crippen molar-refractivity contribution in [1.29, 1.82) is 0 Å². The zero-order chi connectivity index (χ0) is 17.5. The number of nitrogens with one attached hydrogen (secondary N) is 2. The average molecular weight is 342 g/mol. The van der Waals surface area contributed by atoms with E-state index in [4.69, 9.17) is 0 Å². The van der Waals surface area contributed by atoms with Crippen LogP contribution in [0.2, 0.25) is 0 Å². The van der Waals surface area contributed by atoms with Gasteiger partial charge in [-0.3, -0.25) is 4.79 Å². The van der Waals surface area contributed by atoms with Crippen LogP contribution in [0.1, 0.15) is 54.9 Å². The number of hydrogen-bond donors (Lipinski definition) is 2. The Bertz CT molecular complexity index is 586. The minimum absolute atomic E-state index is 0.161. The van der Waals surface area contributed by atoms with Gasteiger partial charge in [0.05, 0.1) is 6.54 Å². The lowest BCUT2D eigenvalue weighted by Crippen LogP contribution is -2.38. The van der Waals surface area contributed by atoms with E-state index in [0.717, 1.165) is 62.0 Å². The number of benzene rings is 1. The van der Waals surface area contributed by atoms with Gasteiger partial charge in [0.15, 0.2) is 5.96 Å². The molecule has 0 spiro atoms. The summed E-state index contributed by atoms with van der Waals surface area (Å²) in [6, 6.07) is 7.91. The van der Waals surface area contributed by atoms with Crippen molar-refractivity contribution >= 4 is 11.9 Å². The minimum Gasteiger partial charge on any atom is -0.357 e. The Hall–Kier alpha value is -2.04. The second-order valence-electron chi connectivity index (χ2n) is 7.07. The van der Waals surface area contributed by atoms with E-state index < -0.39 is 0 Å². The maximum absolute atomic E-state index is 12.5. The Balaban J connectivity index is 1.55. The van der Waals surface area contributed by atoms with Gasteiger partial charge >= 0.3 is 0 Å². The summed E-state index contributed by atoms with van der Waals surface area (Å²) in [5, 5.41) is 6.69. The number of carbonyl (C=O) groups is 1. The van der Waals surface area contributed by atoms with E-state index in [-0.39, 0.29) is 5.91 Å². The highest BCUT2D eigenvalue weighted by atomic mass is 16.2. The summed E-state index contributed by atoms with van der Waals surface area (Å²) in [6.45, 7) is 6.36. The number of rotatable bonds is 6. The first-order chi connectivity index (χ1) is 12.3. The van der Waals surface area contributed by atoms with Gasteiger partial charge in [0.25, 0.3) is 5.91 Å². The number of aliphatic imine (C=N–C) groups is 1. The molecule has 0 atom stereocenters. The van der Waals surface area contributed by atoms with Crippen LogP contribution in [0.4, 0.5) is 0 Å². The van der Waals surface area contributed by atoms with Gasteiger partial charge in [0.1, 0.15) is 0 Å². The SMILES string of the molecule is CCNC(=NCc1ccc(C(=O)N2CCCCC2)cc1)NCC1CC1. The second kappa shape index (κ2) is 8.88. The number of hydrogen-bond acceptors (Lipinski definition) is 2. The van der Waals surface area contributed by atoms with E-state index in [9.17, 15) is 4.79 Å². The summed E-state index contributed by atoms with van der Waals surface area (Å²) in [6.07, 6.45) is 6.15. The van der Waals surface area contributed by atoms with Crippen LogP contribution < -0.4 is 10.6 Å². The van der Waals surface area contributed by atoms with E-state index in [2.05, 4.69) is 22.5 Å². The molecule has 2 aliphatic rings. The molecular weight excluding hydrogens is 312 g/mol. The molecule has 1 saturated carbocycles. The molecule has 0 unspecified atom stereocenters. The first-order valence-electron chi connectivity index (χ1n) is 9.66. The van der Waals surface area contributed by atoms with Crippen molar-refractivity contribution in [2.24, 2.45) is 10.9 Å². The van der Waals surface area contributed by atoms with Crippen LogP contribution in [0.15, 0.2) is 29.3 Å². The molecule has 0 bridgehead atoms. The third-order valence-corrected chi connectivity index (χ3v) is 4.86. The number of likely N-dealkylation sites (tertiary alicyclic amines) is 1. The van der Waals surface area contributed by atoms with Gasteiger partial charge in [-0.25, -0.2) is 4.99 Å². The zero-order valence-electron chi connectivity index (χ0n) is 15.3. The van der Waals surface area contributed by atoms with E-state index in [1.54, 1.807) is 0 Å². The standard InChI is InChI=1S/C20H30N4O/c1-2-21-20(22-14-16-6-7-16)23-15-17-8-10-18(11-9-17)19(25)24-12-4-3-5-13-24/h8-11,16H,2-7,12-15H2,1H3,(H2,21,22,23). The summed E-state index contributed by atoms with van der Waals surface area (Å²) in [5.74, 6) is 1.86. The van der Waals surface area contributed by atoms with Crippen molar-refractivity contribution in [3.63, 3.8) is 0 Å². The lowest BCUT2D eigenvalue weighted by atomic mass is 10.1. The van der Waals surface area contributed by atoms with Crippen LogP contribution in [0.3, 0.4) is 0 Å².